The average Bonchev–Trinajstić information content (AvgIpc) is 2.43. The van der Waals surface area contributed by atoms with Crippen LogP contribution in [0.1, 0.15) is 12.5 Å². The predicted molar refractivity (Wildman–Crippen MR) is 87.6 cm³/mol. The van der Waals surface area contributed by atoms with Crippen molar-refractivity contribution in [3.05, 3.63) is 57.5 Å². The first-order chi connectivity index (χ1) is 9.60. The third-order valence-electron chi connectivity index (χ3n) is 2.82. The maximum absolute atomic E-state index is 12.0. The molecule has 0 heterocycles. The van der Waals surface area contributed by atoms with E-state index >= 15 is 0 Å². The lowest BCUT2D eigenvalue weighted by atomic mass is 10.1. The van der Waals surface area contributed by atoms with Gasteiger partial charge in [-0.2, -0.15) is 0 Å². The quantitative estimate of drug-likeness (QED) is 0.771. The molecule has 0 atom stereocenters. The van der Waals surface area contributed by atoms with Crippen molar-refractivity contribution in [1.82, 2.24) is 0 Å². The number of urea groups is 1. The first-order valence-corrected chi connectivity index (χ1v) is 7.38. The lowest BCUT2D eigenvalue weighted by Gasteiger charge is -2.12. The lowest BCUT2D eigenvalue weighted by molar-refractivity contribution is 0.262. The summed E-state index contributed by atoms with van der Waals surface area (Å²) in [6.45, 7) is 2.04. The molecule has 0 saturated heterocycles. The first kappa shape index (κ1) is 14.9. The van der Waals surface area contributed by atoms with Gasteiger partial charge in [0.05, 0.1) is 10.7 Å². The van der Waals surface area contributed by atoms with Gasteiger partial charge >= 0.3 is 6.03 Å². The summed E-state index contributed by atoms with van der Waals surface area (Å²) >= 11 is 9.42. The number of carbonyl (C=O) groups is 1. The van der Waals surface area contributed by atoms with Crippen LogP contribution < -0.4 is 10.6 Å². The standard InChI is InChI=1S/C15H14BrClN2O/c1-2-10-9-11(16)7-8-13(10)18-15(20)19-14-6-4-3-5-12(14)17/h3-9H,2H2,1H3,(H2,18,19,20). The van der Waals surface area contributed by atoms with Gasteiger partial charge in [0.25, 0.3) is 0 Å². The number of aryl methyl sites for hydroxylation is 1. The molecule has 3 nitrogen and oxygen atoms in total. The van der Waals surface area contributed by atoms with E-state index in [2.05, 4.69) is 26.6 Å². The molecule has 0 unspecified atom stereocenters. The van der Waals surface area contributed by atoms with Crippen LogP contribution in [0.25, 0.3) is 0 Å². The van der Waals surface area contributed by atoms with Gasteiger partial charge in [0, 0.05) is 10.2 Å². The Bertz CT molecular complexity index is 631. The second-order valence-electron chi connectivity index (χ2n) is 4.21. The van der Waals surface area contributed by atoms with Gasteiger partial charge in [-0.15, -0.1) is 0 Å². The van der Waals surface area contributed by atoms with Crippen LogP contribution in [-0.4, -0.2) is 6.03 Å². The van der Waals surface area contributed by atoms with Gasteiger partial charge in [0.1, 0.15) is 0 Å². The number of para-hydroxylation sites is 1. The molecule has 0 spiro atoms. The smallest absolute Gasteiger partial charge is 0.307 e. The van der Waals surface area contributed by atoms with Crippen LogP contribution in [0.5, 0.6) is 0 Å². The van der Waals surface area contributed by atoms with Crippen molar-refractivity contribution < 1.29 is 4.79 Å². The van der Waals surface area contributed by atoms with Gasteiger partial charge in [-0.05, 0) is 42.3 Å². The fourth-order valence-corrected chi connectivity index (χ4v) is 2.41. The number of halogens is 2. The van der Waals surface area contributed by atoms with E-state index in [1.165, 1.54) is 0 Å². The normalized spacial score (nSPS) is 10.2. The summed E-state index contributed by atoms with van der Waals surface area (Å²) in [5.74, 6) is 0. The SMILES string of the molecule is CCc1cc(Br)ccc1NC(=O)Nc1ccccc1Cl. The number of nitrogens with one attached hydrogen (secondary N) is 2. The number of hydrogen-bond donors (Lipinski definition) is 2. The van der Waals surface area contributed by atoms with E-state index in [9.17, 15) is 4.79 Å². The first-order valence-electron chi connectivity index (χ1n) is 6.21. The van der Waals surface area contributed by atoms with E-state index in [4.69, 9.17) is 11.6 Å². The zero-order valence-corrected chi connectivity index (χ0v) is 13.3. The lowest BCUT2D eigenvalue weighted by Crippen LogP contribution is -2.20. The minimum Gasteiger partial charge on any atom is -0.307 e. The molecule has 2 amide bonds. The van der Waals surface area contributed by atoms with Crippen LogP contribution >= 0.6 is 27.5 Å². The fourth-order valence-electron chi connectivity index (χ4n) is 1.82. The monoisotopic (exact) mass is 352 g/mol. The maximum atomic E-state index is 12.0. The van der Waals surface area contributed by atoms with Crippen LogP contribution in [-0.2, 0) is 6.42 Å². The van der Waals surface area contributed by atoms with E-state index in [-0.39, 0.29) is 6.03 Å². The summed E-state index contributed by atoms with van der Waals surface area (Å²) in [5, 5.41) is 6.07. The average molecular weight is 354 g/mol. The molecule has 2 N–H and O–H groups in total. The number of amides is 2. The van der Waals surface area contributed by atoms with E-state index in [1.807, 2.05) is 37.3 Å². The van der Waals surface area contributed by atoms with E-state index in [0.717, 1.165) is 22.1 Å². The van der Waals surface area contributed by atoms with Gasteiger partial charge in [-0.3, -0.25) is 0 Å². The summed E-state index contributed by atoms with van der Waals surface area (Å²) in [5.41, 5.74) is 2.44. The maximum Gasteiger partial charge on any atom is 0.323 e. The molecule has 2 aromatic carbocycles. The van der Waals surface area contributed by atoms with Gasteiger partial charge in [0.15, 0.2) is 0 Å². The predicted octanol–water partition coefficient (Wildman–Crippen LogP) is 5.31. The summed E-state index contributed by atoms with van der Waals surface area (Å²) in [6.07, 6.45) is 0.834. The highest BCUT2D eigenvalue weighted by atomic mass is 79.9. The van der Waals surface area contributed by atoms with Crippen LogP contribution in [0, 0.1) is 0 Å². The molecule has 104 valence electrons. The molecular formula is C15H14BrClN2O. The zero-order valence-electron chi connectivity index (χ0n) is 10.9. The van der Waals surface area contributed by atoms with Gasteiger partial charge < -0.3 is 10.6 Å². The van der Waals surface area contributed by atoms with Crippen molar-refractivity contribution in [2.24, 2.45) is 0 Å². The second kappa shape index (κ2) is 6.77. The Morgan fingerprint density at radius 1 is 1.15 bits per heavy atom. The minimum absolute atomic E-state index is 0.310. The molecule has 0 bridgehead atoms. The highest BCUT2D eigenvalue weighted by Gasteiger charge is 2.08. The number of benzene rings is 2. The molecule has 0 aliphatic rings. The van der Waals surface area contributed by atoms with Crippen molar-refractivity contribution in [2.45, 2.75) is 13.3 Å². The molecule has 0 fully saturated rings. The zero-order chi connectivity index (χ0) is 14.5. The Balaban J connectivity index is 2.11. The molecule has 5 heteroatoms. The third-order valence-corrected chi connectivity index (χ3v) is 3.64. The van der Waals surface area contributed by atoms with Crippen molar-refractivity contribution in [3.8, 4) is 0 Å². The summed E-state index contributed by atoms with van der Waals surface area (Å²) in [4.78, 5) is 12.0. The Morgan fingerprint density at radius 2 is 1.85 bits per heavy atom. The molecule has 0 saturated carbocycles. The molecule has 0 aliphatic heterocycles. The Kier molecular flexibility index (Phi) is 5.04. The fraction of sp³-hybridized carbons (Fsp3) is 0.133. The topological polar surface area (TPSA) is 41.1 Å². The largest absolute Gasteiger partial charge is 0.323 e. The number of hydrogen-bond acceptors (Lipinski definition) is 1. The highest BCUT2D eigenvalue weighted by Crippen LogP contribution is 2.23. The van der Waals surface area contributed by atoms with Crippen molar-refractivity contribution >= 4 is 44.9 Å². The van der Waals surface area contributed by atoms with Crippen LogP contribution in [0.15, 0.2) is 46.9 Å². The van der Waals surface area contributed by atoms with Gasteiger partial charge in [-0.1, -0.05) is 46.6 Å². The van der Waals surface area contributed by atoms with E-state index in [0.29, 0.717) is 10.7 Å². The number of carbonyl (C=O) groups excluding carboxylic acids is 1. The Labute approximate surface area is 131 Å². The van der Waals surface area contributed by atoms with Crippen molar-refractivity contribution in [3.63, 3.8) is 0 Å². The molecular weight excluding hydrogens is 340 g/mol. The molecule has 0 aromatic heterocycles. The van der Waals surface area contributed by atoms with Crippen LogP contribution in [0.2, 0.25) is 5.02 Å². The van der Waals surface area contributed by atoms with Crippen molar-refractivity contribution in [1.29, 1.82) is 0 Å². The van der Waals surface area contributed by atoms with Crippen LogP contribution in [0.4, 0.5) is 16.2 Å². The molecule has 2 rings (SSSR count). The van der Waals surface area contributed by atoms with Gasteiger partial charge in [-0.25, -0.2) is 4.79 Å². The summed E-state index contributed by atoms with van der Waals surface area (Å²) in [7, 11) is 0. The Hall–Kier alpha value is -1.52. The van der Waals surface area contributed by atoms with Crippen molar-refractivity contribution in [2.75, 3.05) is 10.6 Å². The van der Waals surface area contributed by atoms with Crippen LogP contribution in [0.3, 0.4) is 0 Å². The number of rotatable bonds is 3. The highest BCUT2D eigenvalue weighted by molar-refractivity contribution is 9.10. The molecule has 20 heavy (non-hydrogen) atoms. The van der Waals surface area contributed by atoms with E-state index in [1.54, 1.807) is 12.1 Å². The second-order valence-corrected chi connectivity index (χ2v) is 5.54. The Morgan fingerprint density at radius 3 is 2.55 bits per heavy atom. The van der Waals surface area contributed by atoms with Gasteiger partial charge in [0.2, 0.25) is 0 Å². The molecule has 0 aliphatic carbocycles. The number of anilines is 2. The summed E-state index contributed by atoms with van der Waals surface area (Å²) < 4.78 is 0.992. The minimum atomic E-state index is -0.310. The molecule has 0 radical (unpaired) electrons. The molecule has 2 aromatic rings. The van der Waals surface area contributed by atoms with E-state index < -0.39 is 0 Å². The summed E-state index contributed by atoms with van der Waals surface area (Å²) in [6, 6.07) is 12.6. The third kappa shape index (κ3) is 3.74.